The van der Waals surface area contributed by atoms with Gasteiger partial charge in [-0.2, -0.15) is 0 Å². The number of carbonyl (C=O) groups is 1. The topological polar surface area (TPSA) is 38.8 Å². The maximum Gasteiger partial charge on any atom is 0.236 e. The summed E-state index contributed by atoms with van der Waals surface area (Å²) in [4.78, 5) is 15.7. The number of fused-ring (bicyclic) bond motifs is 1. The standard InChI is InChI=1S/C18H27NO3S/c1-12(2)19(13(3)4)18(20)14(5)23-15-7-8-16-17(11-15)22-10-6-9-21-16/h7-8,11-14H,6,9-10H2,1-5H3. The maximum absolute atomic E-state index is 12.7. The lowest BCUT2D eigenvalue weighted by Crippen LogP contribution is -2.45. The number of thioether (sulfide) groups is 1. The van der Waals surface area contributed by atoms with Gasteiger partial charge < -0.3 is 14.4 Å². The molecular weight excluding hydrogens is 310 g/mol. The fourth-order valence-corrected chi connectivity index (χ4v) is 3.74. The number of benzene rings is 1. The van der Waals surface area contributed by atoms with E-state index in [1.807, 2.05) is 30.0 Å². The molecule has 5 heteroatoms. The number of hydrogen-bond acceptors (Lipinski definition) is 4. The first-order valence-corrected chi connectivity index (χ1v) is 9.16. The van der Waals surface area contributed by atoms with E-state index < -0.39 is 0 Å². The first-order chi connectivity index (χ1) is 10.9. The van der Waals surface area contributed by atoms with Gasteiger partial charge >= 0.3 is 0 Å². The van der Waals surface area contributed by atoms with Crippen molar-refractivity contribution >= 4 is 17.7 Å². The molecule has 1 aromatic carbocycles. The Kier molecular flexibility index (Phi) is 6.22. The number of amides is 1. The van der Waals surface area contributed by atoms with Crippen LogP contribution in [-0.4, -0.2) is 41.4 Å². The molecule has 128 valence electrons. The van der Waals surface area contributed by atoms with Crippen molar-refractivity contribution in [3.8, 4) is 11.5 Å². The van der Waals surface area contributed by atoms with E-state index in [0.717, 1.165) is 22.8 Å². The Balaban J connectivity index is 2.09. The van der Waals surface area contributed by atoms with Gasteiger partial charge in [-0.15, -0.1) is 11.8 Å². The lowest BCUT2D eigenvalue weighted by Gasteiger charge is -2.33. The van der Waals surface area contributed by atoms with Crippen LogP contribution in [0, 0.1) is 0 Å². The molecule has 0 saturated heterocycles. The highest BCUT2D eigenvalue weighted by Crippen LogP contribution is 2.35. The van der Waals surface area contributed by atoms with Crippen LogP contribution in [0.4, 0.5) is 0 Å². The lowest BCUT2D eigenvalue weighted by atomic mass is 10.2. The Morgan fingerprint density at radius 3 is 2.26 bits per heavy atom. The van der Waals surface area contributed by atoms with E-state index in [-0.39, 0.29) is 23.2 Å². The molecule has 0 fully saturated rings. The van der Waals surface area contributed by atoms with Crippen LogP contribution in [-0.2, 0) is 4.79 Å². The van der Waals surface area contributed by atoms with Gasteiger partial charge in [0.2, 0.25) is 5.91 Å². The van der Waals surface area contributed by atoms with Crippen molar-refractivity contribution in [3.63, 3.8) is 0 Å². The zero-order valence-corrected chi connectivity index (χ0v) is 15.5. The zero-order chi connectivity index (χ0) is 17.0. The Morgan fingerprint density at radius 2 is 1.65 bits per heavy atom. The average Bonchev–Trinajstić information content (AvgIpc) is 2.71. The van der Waals surface area contributed by atoms with Gasteiger partial charge in [-0.1, -0.05) is 0 Å². The van der Waals surface area contributed by atoms with Crippen LogP contribution in [0.1, 0.15) is 41.0 Å². The summed E-state index contributed by atoms with van der Waals surface area (Å²) in [5.41, 5.74) is 0. The van der Waals surface area contributed by atoms with E-state index in [4.69, 9.17) is 9.47 Å². The van der Waals surface area contributed by atoms with Crippen LogP contribution >= 0.6 is 11.8 Å². The third-order valence-electron chi connectivity index (χ3n) is 3.75. The largest absolute Gasteiger partial charge is 0.490 e. The molecule has 0 aromatic heterocycles. The van der Waals surface area contributed by atoms with E-state index in [0.29, 0.717) is 13.2 Å². The van der Waals surface area contributed by atoms with Gasteiger partial charge in [0, 0.05) is 23.4 Å². The van der Waals surface area contributed by atoms with Crippen molar-refractivity contribution < 1.29 is 14.3 Å². The molecule has 1 aromatic rings. The molecule has 4 nitrogen and oxygen atoms in total. The van der Waals surface area contributed by atoms with Crippen LogP contribution in [0.5, 0.6) is 11.5 Å². The van der Waals surface area contributed by atoms with Crippen LogP contribution < -0.4 is 9.47 Å². The number of carbonyl (C=O) groups excluding carboxylic acids is 1. The Morgan fingerprint density at radius 1 is 1.04 bits per heavy atom. The quantitative estimate of drug-likeness (QED) is 0.762. The first kappa shape index (κ1) is 18.0. The number of ether oxygens (including phenoxy) is 2. The van der Waals surface area contributed by atoms with E-state index in [9.17, 15) is 4.79 Å². The van der Waals surface area contributed by atoms with Gasteiger partial charge in [-0.3, -0.25) is 4.79 Å². The van der Waals surface area contributed by atoms with Crippen LogP contribution in [0.15, 0.2) is 23.1 Å². The monoisotopic (exact) mass is 337 g/mol. The first-order valence-electron chi connectivity index (χ1n) is 8.28. The molecule has 1 unspecified atom stereocenters. The Hall–Kier alpha value is -1.36. The molecule has 0 saturated carbocycles. The molecule has 2 rings (SSSR count). The molecule has 1 heterocycles. The molecule has 1 aliphatic heterocycles. The molecule has 0 bridgehead atoms. The van der Waals surface area contributed by atoms with Crippen molar-refractivity contribution in [3.05, 3.63) is 18.2 Å². The Bertz CT molecular complexity index is 537. The highest BCUT2D eigenvalue weighted by atomic mass is 32.2. The number of nitrogens with zero attached hydrogens (tertiary/aromatic N) is 1. The minimum Gasteiger partial charge on any atom is -0.490 e. The summed E-state index contributed by atoms with van der Waals surface area (Å²) in [5.74, 6) is 1.74. The zero-order valence-electron chi connectivity index (χ0n) is 14.7. The van der Waals surface area contributed by atoms with Gasteiger partial charge in [-0.05, 0) is 52.8 Å². The molecule has 0 N–H and O–H groups in total. The summed E-state index contributed by atoms with van der Waals surface area (Å²) in [6.07, 6.45) is 0.893. The van der Waals surface area contributed by atoms with E-state index in [1.54, 1.807) is 11.8 Å². The SMILES string of the molecule is CC(Sc1ccc2c(c1)OCCCO2)C(=O)N(C(C)C)C(C)C. The van der Waals surface area contributed by atoms with E-state index >= 15 is 0 Å². The van der Waals surface area contributed by atoms with Crippen LogP contribution in [0.25, 0.3) is 0 Å². The molecule has 1 amide bonds. The van der Waals surface area contributed by atoms with Gasteiger partial charge in [0.1, 0.15) is 0 Å². The minimum atomic E-state index is -0.135. The Labute approximate surface area is 143 Å². The average molecular weight is 337 g/mol. The molecular formula is C18H27NO3S. The maximum atomic E-state index is 12.7. The van der Waals surface area contributed by atoms with Crippen molar-refractivity contribution in [2.75, 3.05) is 13.2 Å². The summed E-state index contributed by atoms with van der Waals surface area (Å²) in [7, 11) is 0. The van der Waals surface area contributed by atoms with E-state index in [1.165, 1.54) is 0 Å². The summed E-state index contributed by atoms with van der Waals surface area (Å²) in [5, 5.41) is -0.135. The molecule has 1 atom stereocenters. The second-order valence-corrected chi connectivity index (χ2v) is 7.77. The molecule has 0 aliphatic carbocycles. The van der Waals surface area contributed by atoms with Crippen molar-refractivity contribution in [2.24, 2.45) is 0 Å². The fraction of sp³-hybridized carbons (Fsp3) is 0.611. The van der Waals surface area contributed by atoms with Gasteiger partial charge in [-0.25, -0.2) is 0 Å². The van der Waals surface area contributed by atoms with E-state index in [2.05, 4.69) is 27.7 Å². The summed E-state index contributed by atoms with van der Waals surface area (Å²) >= 11 is 1.57. The smallest absolute Gasteiger partial charge is 0.236 e. The van der Waals surface area contributed by atoms with Crippen LogP contribution in [0.3, 0.4) is 0 Å². The molecule has 23 heavy (non-hydrogen) atoms. The number of hydrogen-bond donors (Lipinski definition) is 0. The summed E-state index contributed by atoms with van der Waals surface area (Å²) < 4.78 is 11.4. The van der Waals surface area contributed by atoms with Crippen LogP contribution in [0.2, 0.25) is 0 Å². The van der Waals surface area contributed by atoms with Gasteiger partial charge in [0.25, 0.3) is 0 Å². The highest BCUT2D eigenvalue weighted by molar-refractivity contribution is 8.00. The highest BCUT2D eigenvalue weighted by Gasteiger charge is 2.26. The number of rotatable bonds is 5. The minimum absolute atomic E-state index is 0.135. The molecule has 0 spiro atoms. The van der Waals surface area contributed by atoms with Crippen molar-refractivity contribution in [1.29, 1.82) is 0 Å². The fourth-order valence-electron chi connectivity index (χ4n) is 2.79. The van der Waals surface area contributed by atoms with Crippen molar-refractivity contribution in [2.45, 2.75) is 63.3 Å². The second kappa shape index (κ2) is 7.95. The lowest BCUT2D eigenvalue weighted by molar-refractivity contribution is -0.133. The summed E-state index contributed by atoms with van der Waals surface area (Å²) in [6.45, 7) is 11.6. The molecule has 0 radical (unpaired) electrons. The third kappa shape index (κ3) is 4.56. The third-order valence-corrected chi connectivity index (χ3v) is 4.83. The van der Waals surface area contributed by atoms with Gasteiger partial charge in [0.05, 0.1) is 18.5 Å². The predicted molar refractivity (Wildman–Crippen MR) is 94.5 cm³/mol. The molecule has 1 aliphatic rings. The van der Waals surface area contributed by atoms with Crippen molar-refractivity contribution in [1.82, 2.24) is 4.90 Å². The second-order valence-electron chi connectivity index (χ2n) is 6.35. The normalized spacial score (nSPS) is 15.4. The predicted octanol–water partition coefficient (Wildman–Crippen LogP) is 3.97. The summed E-state index contributed by atoms with van der Waals surface area (Å²) in [6, 6.07) is 6.31. The van der Waals surface area contributed by atoms with Gasteiger partial charge in [0.15, 0.2) is 11.5 Å².